The van der Waals surface area contributed by atoms with Crippen molar-refractivity contribution in [3.8, 4) is 11.8 Å². The molecule has 0 bridgehead atoms. The summed E-state index contributed by atoms with van der Waals surface area (Å²) in [7, 11) is 0. The van der Waals surface area contributed by atoms with E-state index >= 15 is 0 Å². The van der Waals surface area contributed by atoms with Gasteiger partial charge in [-0.05, 0) is 37.5 Å². The summed E-state index contributed by atoms with van der Waals surface area (Å²) in [6.45, 7) is 3.56. The number of halogens is 1. The van der Waals surface area contributed by atoms with Gasteiger partial charge in [0.25, 0.3) is 5.91 Å². The summed E-state index contributed by atoms with van der Waals surface area (Å²) < 4.78 is 0.972. The molecular formula is C11H10BrNO. The Morgan fingerprint density at radius 2 is 2.21 bits per heavy atom. The van der Waals surface area contributed by atoms with Crippen molar-refractivity contribution in [3.05, 3.63) is 28.2 Å². The Balaban J connectivity index is 2.90. The first kappa shape index (κ1) is 10.8. The van der Waals surface area contributed by atoms with Crippen molar-refractivity contribution in [2.45, 2.75) is 13.8 Å². The van der Waals surface area contributed by atoms with Gasteiger partial charge in [-0.15, -0.1) is 0 Å². The molecular weight excluding hydrogens is 242 g/mol. The molecule has 1 aromatic carbocycles. The highest BCUT2D eigenvalue weighted by molar-refractivity contribution is 9.10. The normalized spacial score (nSPS) is 8.79. The van der Waals surface area contributed by atoms with Crippen molar-refractivity contribution in [1.29, 1.82) is 0 Å². The highest BCUT2D eigenvalue weighted by Crippen LogP contribution is 2.23. The van der Waals surface area contributed by atoms with Crippen LogP contribution in [0, 0.1) is 18.8 Å². The van der Waals surface area contributed by atoms with E-state index in [0.29, 0.717) is 0 Å². The third kappa shape index (κ3) is 2.61. The quantitative estimate of drug-likeness (QED) is 0.765. The highest BCUT2D eigenvalue weighted by atomic mass is 79.9. The van der Waals surface area contributed by atoms with Crippen LogP contribution < -0.4 is 5.32 Å². The summed E-state index contributed by atoms with van der Waals surface area (Å²) in [4.78, 5) is 11.2. The summed E-state index contributed by atoms with van der Waals surface area (Å²) in [5.41, 5.74) is 1.78. The molecule has 72 valence electrons. The highest BCUT2D eigenvalue weighted by Gasteiger charge is 2.03. The van der Waals surface area contributed by atoms with Crippen LogP contribution in [0.4, 0.5) is 5.69 Å². The van der Waals surface area contributed by atoms with E-state index in [2.05, 4.69) is 33.1 Å². The van der Waals surface area contributed by atoms with Crippen molar-refractivity contribution in [1.82, 2.24) is 0 Å². The second-order valence-electron chi connectivity index (χ2n) is 2.74. The maximum Gasteiger partial charge on any atom is 0.300 e. The fraction of sp³-hybridized carbons (Fsp3) is 0.182. The Morgan fingerprint density at radius 3 is 2.86 bits per heavy atom. The second kappa shape index (κ2) is 4.83. The van der Waals surface area contributed by atoms with E-state index in [1.54, 1.807) is 6.92 Å². The molecule has 0 atom stereocenters. The second-order valence-corrected chi connectivity index (χ2v) is 3.60. The van der Waals surface area contributed by atoms with Crippen LogP contribution >= 0.6 is 15.9 Å². The number of benzene rings is 1. The largest absolute Gasteiger partial charge is 0.315 e. The van der Waals surface area contributed by atoms with Gasteiger partial charge in [-0.3, -0.25) is 4.79 Å². The molecule has 1 aromatic rings. The molecule has 0 aliphatic rings. The lowest BCUT2D eigenvalue weighted by Gasteiger charge is -2.06. The van der Waals surface area contributed by atoms with E-state index < -0.39 is 0 Å². The predicted octanol–water partition coefficient (Wildman–Crippen LogP) is 2.72. The van der Waals surface area contributed by atoms with Crippen LogP contribution in [-0.2, 0) is 4.79 Å². The summed E-state index contributed by atoms with van der Waals surface area (Å²) in [5.74, 6) is 4.69. The smallest absolute Gasteiger partial charge is 0.300 e. The molecule has 0 unspecified atom stereocenters. The van der Waals surface area contributed by atoms with Crippen LogP contribution in [0.1, 0.15) is 12.5 Å². The van der Waals surface area contributed by atoms with Crippen molar-refractivity contribution in [3.63, 3.8) is 0 Å². The van der Waals surface area contributed by atoms with Gasteiger partial charge in [0.05, 0.1) is 0 Å². The summed E-state index contributed by atoms with van der Waals surface area (Å²) >= 11 is 3.39. The number of rotatable bonds is 1. The lowest BCUT2D eigenvalue weighted by molar-refractivity contribution is -0.111. The van der Waals surface area contributed by atoms with Gasteiger partial charge in [0.15, 0.2) is 0 Å². The van der Waals surface area contributed by atoms with Crippen LogP contribution in [0.3, 0.4) is 0 Å². The monoisotopic (exact) mass is 251 g/mol. The lowest BCUT2D eigenvalue weighted by atomic mass is 10.2. The van der Waals surface area contributed by atoms with Gasteiger partial charge < -0.3 is 5.32 Å². The van der Waals surface area contributed by atoms with Crippen LogP contribution in [0.2, 0.25) is 0 Å². The maximum absolute atomic E-state index is 11.2. The molecule has 0 aromatic heterocycles. The standard InChI is InChI=1S/C11H10BrNO/c1-3-5-11(14)13-10-7-4-6-9(12)8(10)2/h4,6-7H,1-2H3,(H,13,14). The molecule has 0 fully saturated rings. The van der Waals surface area contributed by atoms with Gasteiger partial charge in [-0.2, -0.15) is 0 Å². The molecule has 1 N–H and O–H groups in total. The Morgan fingerprint density at radius 1 is 1.50 bits per heavy atom. The van der Waals surface area contributed by atoms with Gasteiger partial charge in [-0.1, -0.05) is 27.9 Å². The molecule has 0 saturated heterocycles. The fourth-order valence-electron chi connectivity index (χ4n) is 1.01. The topological polar surface area (TPSA) is 29.1 Å². The molecule has 3 heteroatoms. The zero-order valence-corrected chi connectivity index (χ0v) is 9.60. The average Bonchev–Trinajstić information content (AvgIpc) is 2.13. The molecule has 0 aliphatic carbocycles. The van der Waals surface area contributed by atoms with Gasteiger partial charge in [0, 0.05) is 10.2 Å². The minimum absolute atomic E-state index is 0.284. The van der Waals surface area contributed by atoms with Crippen LogP contribution in [0.25, 0.3) is 0 Å². The number of hydrogen-bond donors (Lipinski definition) is 1. The number of anilines is 1. The molecule has 1 rings (SSSR count). The first-order valence-corrected chi connectivity index (χ1v) is 4.93. The molecule has 14 heavy (non-hydrogen) atoms. The van der Waals surface area contributed by atoms with Crippen molar-refractivity contribution >= 4 is 27.5 Å². The van der Waals surface area contributed by atoms with E-state index in [0.717, 1.165) is 15.7 Å². The molecule has 0 aliphatic heterocycles. The number of carbonyl (C=O) groups excluding carboxylic acids is 1. The Bertz CT molecular complexity index is 415. The molecule has 1 amide bonds. The summed E-state index contributed by atoms with van der Waals surface area (Å²) in [6.07, 6.45) is 0. The maximum atomic E-state index is 11.2. The minimum atomic E-state index is -0.284. The minimum Gasteiger partial charge on any atom is -0.315 e. The Labute approximate surface area is 91.8 Å². The zero-order valence-electron chi connectivity index (χ0n) is 8.02. The van der Waals surface area contributed by atoms with Crippen molar-refractivity contribution in [2.75, 3.05) is 5.32 Å². The number of hydrogen-bond acceptors (Lipinski definition) is 1. The van der Waals surface area contributed by atoms with Gasteiger partial charge in [-0.25, -0.2) is 0 Å². The molecule has 0 radical (unpaired) electrons. The number of carbonyl (C=O) groups is 1. The summed E-state index contributed by atoms with van der Waals surface area (Å²) in [5, 5.41) is 2.71. The third-order valence-electron chi connectivity index (χ3n) is 1.75. The van der Waals surface area contributed by atoms with Crippen molar-refractivity contribution < 1.29 is 4.79 Å². The van der Waals surface area contributed by atoms with Gasteiger partial charge >= 0.3 is 0 Å². The van der Waals surface area contributed by atoms with Crippen LogP contribution in [-0.4, -0.2) is 5.91 Å². The first-order valence-electron chi connectivity index (χ1n) is 4.14. The average molecular weight is 252 g/mol. The Kier molecular flexibility index (Phi) is 3.73. The predicted molar refractivity (Wildman–Crippen MR) is 61.0 cm³/mol. The fourth-order valence-corrected chi connectivity index (χ4v) is 1.38. The van der Waals surface area contributed by atoms with Crippen LogP contribution in [0.5, 0.6) is 0 Å². The van der Waals surface area contributed by atoms with E-state index in [4.69, 9.17) is 0 Å². The van der Waals surface area contributed by atoms with Crippen LogP contribution in [0.15, 0.2) is 22.7 Å². The summed E-state index contributed by atoms with van der Waals surface area (Å²) in [6, 6.07) is 5.64. The molecule has 2 nitrogen and oxygen atoms in total. The van der Waals surface area contributed by atoms with E-state index in [1.807, 2.05) is 25.1 Å². The van der Waals surface area contributed by atoms with E-state index in [9.17, 15) is 4.79 Å². The zero-order chi connectivity index (χ0) is 10.6. The van der Waals surface area contributed by atoms with Crippen molar-refractivity contribution in [2.24, 2.45) is 0 Å². The third-order valence-corrected chi connectivity index (χ3v) is 2.61. The van der Waals surface area contributed by atoms with Gasteiger partial charge in [0.2, 0.25) is 0 Å². The Hall–Kier alpha value is -1.27. The van der Waals surface area contributed by atoms with Gasteiger partial charge in [0.1, 0.15) is 0 Å². The lowest BCUT2D eigenvalue weighted by Crippen LogP contribution is -2.09. The van der Waals surface area contributed by atoms with E-state index in [1.165, 1.54) is 0 Å². The number of amides is 1. The first-order chi connectivity index (χ1) is 6.65. The SMILES string of the molecule is CC#CC(=O)Nc1cccc(Br)c1C. The molecule has 0 saturated carbocycles. The van der Waals surface area contributed by atoms with E-state index in [-0.39, 0.29) is 5.91 Å². The molecule has 0 heterocycles. The number of nitrogens with one attached hydrogen (secondary N) is 1. The molecule has 0 spiro atoms.